The Morgan fingerprint density at radius 2 is 1.96 bits per heavy atom. The summed E-state index contributed by atoms with van der Waals surface area (Å²) >= 11 is 0. The highest BCUT2D eigenvalue weighted by molar-refractivity contribution is 5.97. The first-order chi connectivity index (χ1) is 21.9. The van der Waals surface area contributed by atoms with Crippen LogP contribution in [-0.2, 0) is 17.8 Å². The maximum Gasteiger partial charge on any atom is 0.318 e. The van der Waals surface area contributed by atoms with Crippen LogP contribution in [0, 0.1) is 18.3 Å². The molecule has 1 saturated heterocycles. The van der Waals surface area contributed by atoms with Gasteiger partial charge in [-0.1, -0.05) is 43.3 Å². The molecule has 45 heavy (non-hydrogen) atoms. The molecule has 2 aliphatic heterocycles. The fourth-order valence-corrected chi connectivity index (χ4v) is 7.25. The minimum Gasteiger partial charge on any atom is -0.462 e. The van der Waals surface area contributed by atoms with Crippen molar-refractivity contribution < 1.29 is 9.53 Å². The number of carbonyl (C=O) groups excluding carboxylic acids is 1. The van der Waals surface area contributed by atoms with E-state index in [1.807, 2.05) is 0 Å². The number of hydrogen-bond acceptors (Lipinski definition) is 8. The van der Waals surface area contributed by atoms with Gasteiger partial charge in [-0.15, -0.1) is 0 Å². The van der Waals surface area contributed by atoms with Crippen LogP contribution >= 0.6 is 0 Å². The second-order valence-electron chi connectivity index (χ2n) is 12.8. The number of nitrogens with zero attached hydrogens (tertiary/aromatic N) is 7. The van der Waals surface area contributed by atoms with Crippen LogP contribution in [0.3, 0.4) is 0 Å². The fourth-order valence-electron chi connectivity index (χ4n) is 7.25. The number of ether oxygens (including phenoxy) is 1. The average molecular weight is 608 g/mol. The Hall–Kier alpha value is -4.16. The molecule has 0 spiro atoms. The molecule has 6 rings (SSSR count). The fraction of sp³-hybridized carbons (Fsp3) is 0.500. The minimum atomic E-state index is -0.231. The van der Waals surface area contributed by atoms with Gasteiger partial charge >= 0.3 is 6.01 Å². The summed E-state index contributed by atoms with van der Waals surface area (Å²) in [4.78, 5) is 31.6. The first-order valence-electron chi connectivity index (χ1n) is 16.4. The van der Waals surface area contributed by atoms with Gasteiger partial charge in [0.1, 0.15) is 12.4 Å². The van der Waals surface area contributed by atoms with Crippen LogP contribution < -0.4 is 14.5 Å². The molecular weight excluding hydrogens is 562 g/mol. The average Bonchev–Trinajstić information content (AvgIpc) is 3.02. The largest absolute Gasteiger partial charge is 0.462 e. The molecule has 0 N–H and O–H groups in total. The van der Waals surface area contributed by atoms with Gasteiger partial charge in [0.25, 0.3) is 0 Å². The summed E-state index contributed by atoms with van der Waals surface area (Å²) < 4.78 is 6.35. The topological polar surface area (TPSA) is 88.8 Å². The van der Waals surface area contributed by atoms with E-state index in [0.29, 0.717) is 50.9 Å². The number of amides is 1. The summed E-state index contributed by atoms with van der Waals surface area (Å²) in [5.74, 6) is 0.739. The number of piperazine rings is 1. The Kier molecular flexibility index (Phi) is 9.22. The molecule has 1 amide bonds. The number of fused-ring (bicyclic) bond motifs is 2. The van der Waals surface area contributed by atoms with E-state index >= 15 is 0 Å². The van der Waals surface area contributed by atoms with Gasteiger partial charge in [-0.2, -0.15) is 15.2 Å². The molecule has 2 aromatic carbocycles. The van der Waals surface area contributed by atoms with E-state index in [-0.39, 0.29) is 18.4 Å². The molecule has 3 heterocycles. The van der Waals surface area contributed by atoms with Gasteiger partial charge < -0.3 is 19.4 Å². The highest BCUT2D eigenvalue weighted by atomic mass is 16.5. The first kappa shape index (κ1) is 30.8. The third-order valence-corrected chi connectivity index (χ3v) is 9.81. The monoisotopic (exact) mass is 607 g/mol. The number of nitriles is 1. The first-order valence-corrected chi connectivity index (χ1v) is 16.4. The summed E-state index contributed by atoms with van der Waals surface area (Å²) in [6.45, 7) is 14.9. The maximum absolute atomic E-state index is 12.6. The predicted molar refractivity (Wildman–Crippen MR) is 179 cm³/mol. The van der Waals surface area contributed by atoms with E-state index in [1.54, 1.807) is 4.90 Å². The Morgan fingerprint density at radius 1 is 1.16 bits per heavy atom. The lowest BCUT2D eigenvalue weighted by Crippen LogP contribution is -2.55. The van der Waals surface area contributed by atoms with Crippen LogP contribution in [0.4, 0.5) is 11.5 Å². The number of benzene rings is 2. The van der Waals surface area contributed by atoms with Crippen molar-refractivity contribution in [2.45, 2.75) is 77.5 Å². The number of carbonyl (C=O) groups is 1. The molecule has 9 nitrogen and oxygen atoms in total. The molecule has 1 aliphatic carbocycles. The van der Waals surface area contributed by atoms with Crippen LogP contribution in [0.1, 0.15) is 56.4 Å². The number of anilines is 2. The molecule has 0 unspecified atom stereocenters. The van der Waals surface area contributed by atoms with Crippen molar-refractivity contribution in [1.29, 1.82) is 5.26 Å². The zero-order valence-electron chi connectivity index (χ0n) is 26.9. The van der Waals surface area contributed by atoms with Crippen LogP contribution in [0.25, 0.3) is 10.8 Å². The zero-order valence-corrected chi connectivity index (χ0v) is 26.9. The summed E-state index contributed by atoms with van der Waals surface area (Å²) in [6.07, 6.45) is 6.21. The highest BCUT2D eigenvalue weighted by Gasteiger charge is 2.34. The molecule has 0 bridgehead atoms. The highest BCUT2D eigenvalue weighted by Crippen LogP contribution is 2.36. The van der Waals surface area contributed by atoms with E-state index in [9.17, 15) is 10.1 Å². The third-order valence-electron chi connectivity index (χ3n) is 9.81. The van der Waals surface area contributed by atoms with Gasteiger partial charge in [-0.05, 0) is 63.1 Å². The minimum absolute atomic E-state index is 0.133. The van der Waals surface area contributed by atoms with Crippen molar-refractivity contribution >= 4 is 28.2 Å². The Labute approximate surface area is 267 Å². The Bertz CT molecular complexity index is 1590. The van der Waals surface area contributed by atoms with Gasteiger partial charge in [0.05, 0.1) is 30.8 Å². The van der Waals surface area contributed by atoms with E-state index in [2.05, 4.69) is 84.5 Å². The predicted octanol–water partition coefficient (Wildman–Crippen LogP) is 5.26. The molecular formula is C36H45N7O2. The molecule has 236 valence electrons. The van der Waals surface area contributed by atoms with Crippen LogP contribution in [0.5, 0.6) is 6.01 Å². The standard InChI is InChI=1S/C36H45N7O2/c1-5-33(44)43-20-19-41(23-29(43)15-17-37)35-30-16-18-40(32-14-7-11-27-10-6-9-26(4)34(27)32)24-31(30)38-36(39-35)45-22-21-42(25(2)3)28-12-8-13-28/h5-7,9-11,14,25,28-29H,1,8,12-13,15-16,18-24H2,2-4H3/t29-/m0/s1. The van der Waals surface area contributed by atoms with Gasteiger partial charge in [-0.3, -0.25) is 9.69 Å². The number of hydrogen-bond donors (Lipinski definition) is 0. The van der Waals surface area contributed by atoms with Crippen LogP contribution in [0.15, 0.2) is 49.1 Å². The zero-order chi connectivity index (χ0) is 31.5. The Balaban J connectivity index is 1.31. The van der Waals surface area contributed by atoms with Crippen molar-refractivity contribution in [2.75, 3.05) is 49.1 Å². The summed E-state index contributed by atoms with van der Waals surface area (Å²) in [7, 11) is 0. The second-order valence-corrected chi connectivity index (χ2v) is 12.8. The second kappa shape index (κ2) is 13.5. The number of rotatable bonds is 10. The van der Waals surface area contributed by atoms with E-state index in [1.165, 1.54) is 47.4 Å². The smallest absolute Gasteiger partial charge is 0.318 e. The lowest BCUT2D eigenvalue weighted by Gasteiger charge is -2.42. The van der Waals surface area contributed by atoms with Crippen molar-refractivity contribution in [3.8, 4) is 12.1 Å². The summed E-state index contributed by atoms with van der Waals surface area (Å²) in [5, 5.41) is 12.1. The molecule has 1 atom stereocenters. The normalized spacial score (nSPS) is 18.6. The molecule has 9 heteroatoms. The lowest BCUT2D eigenvalue weighted by atomic mass is 9.90. The summed E-state index contributed by atoms with van der Waals surface area (Å²) in [5.41, 5.74) is 4.59. The van der Waals surface area contributed by atoms with Crippen LogP contribution in [0.2, 0.25) is 0 Å². The molecule has 2 fully saturated rings. The third kappa shape index (κ3) is 6.34. The summed E-state index contributed by atoms with van der Waals surface area (Å²) in [6, 6.07) is 16.5. The van der Waals surface area contributed by atoms with E-state index in [4.69, 9.17) is 14.7 Å². The molecule has 3 aromatic rings. The van der Waals surface area contributed by atoms with Crippen LogP contribution in [-0.4, -0.2) is 83.1 Å². The Morgan fingerprint density at radius 3 is 2.67 bits per heavy atom. The SMILES string of the molecule is C=CC(=O)N1CCN(c2nc(OCCN(C(C)C)C3CCC3)nc3c2CCN(c2cccc4cccc(C)c24)C3)C[C@@H]1CC#N. The van der Waals surface area contributed by atoms with Gasteiger partial charge in [0, 0.05) is 61.4 Å². The molecule has 0 radical (unpaired) electrons. The lowest BCUT2D eigenvalue weighted by molar-refractivity contribution is -0.128. The van der Waals surface area contributed by atoms with Gasteiger partial charge in [-0.25, -0.2) is 0 Å². The van der Waals surface area contributed by atoms with Crippen molar-refractivity contribution in [2.24, 2.45) is 0 Å². The van der Waals surface area contributed by atoms with Gasteiger partial charge in [0.2, 0.25) is 5.91 Å². The molecule has 1 aromatic heterocycles. The number of aromatic nitrogens is 2. The van der Waals surface area contributed by atoms with Crippen molar-refractivity contribution in [3.05, 3.63) is 65.9 Å². The van der Waals surface area contributed by atoms with Crippen molar-refractivity contribution in [1.82, 2.24) is 19.8 Å². The van der Waals surface area contributed by atoms with Crippen molar-refractivity contribution in [3.63, 3.8) is 0 Å². The molecule has 3 aliphatic rings. The van der Waals surface area contributed by atoms with E-state index < -0.39 is 0 Å². The number of aryl methyl sites for hydroxylation is 1. The molecule has 1 saturated carbocycles. The quantitative estimate of drug-likeness (QED) is 0.289. The van der Waals surface area contributed by atoms with E-state index in [0.717, 1.165) is 36.6 Å². The maximum atomic E-state index is 12.6. The van der Waals surface area contributed by atoms with Gasteiger partial charge in [0.15, 0.2) is 0 Å².